The Morgan fingerprint density at radius 1 is 1.37 bits per heavy atom. The zero-order chi connectivity index (χ0) is 22.6. The normalized spacial score (nSPS) is 36.1. The highest BCUT2D eigenvalue weighted by Crippen LogP contribution is 2.43. The van der Waals surface area contributed by atoms with Gasteiger partial charge in [-0.3, -0.25) is 14.2 Å². The van der Waals surface area contributed by atoms with Crippen LogP contribution in [0.2, 0.25) is 0 Å². The number of phosphoric acid groups is 1. The number of phosphoric ester groups is 1. The molecule has 0 radical (unpaired) electrons. The van der Waals surface area contributed by atoms with Crippen molar-refractivity contribution in [1.29, 1.82) is 0 Å². The Morgan fingerprint density at radius 2 is 2.03 bits per heavy atom. The fraction of sp³-hybridized carbons (Fsp3) is 0.833. The number of carbonyl (C=O) groups excluding carboxylic acids is 1. The highest BCUT2D eigenvalue weighted by Gasteiger charge is 2.49. The number of likely N-dealkylation sites (tertiary alicyclic amines) is 1. The predicted molar refractivity (Wildman–Crippen MR) is 112 cm³/mol. The summed E-state index contributed by atoms with van der Waals surface area (Å²) in [5.74, 6) is 0.235. The molecule has 0 aromatic carbocycles. The van der Waals surface area contributed by atoms with E-state index in [0.717, 1.165) is 37.6 Å². The third kappa shape index (κ3) is 6.27. The number of amides is 1. The van der Waals surface area contributed by atoms with Gasteiger partial charge in [0.05, 0.1) is 6.04 Å². The second-order valence-electron chi connectivity index (χ2n) is 7.78. The highest BCUT2D eigenvalue weighted by molar-refractivity contribution is 7.99. The number of hydrogen-bond acceptors (Lipinski definition) is 8. The van der Waals surface area contributed by atoms with Crippen molar-refractivity contribution < 1.29 is 38.6 Å². The van der Waals surface area contributed by atoms with Gasteiger partial charge in [0.25, 0.3) is 0 Å². The third-order valence-electron chi connectivity index (χ3n) is 5.56. The van der Waals surface area contributed by atoms with Crippen molar-refractivity contribution >= 4 is 25.5 Å². The van der Waals surface area contributed by atoms with Crippen LogP contribution in [0.25, 0.3) is 0 Å². The molecule has 1 amide bonds. The number of allylic oxidation sites excluding steroid dienone is 1. The summed E-state index contributed by atoms with van der Waals surface area (Å²) in [5, 5.41) is 23.8. The van der Waals surface area contributed by atoms with Gasteiger partial charge in [0.1, 0.15) is 29.9 Å². The molecular formula is C18H33N2O8PS. The standard InChI is InChI=1S/C18H33N2O8PS/c1-5-7-10-8-12(20(3)9-10)17(23)19-11(6-2)15-13(21)14(22)16(18(27-15)30-4)28-29(24,25)26/h6,10,12-16,18,21-22H,5,7-9H2,1-4H3,(H,19,23)(H2,24,25,26)/b11-6+/t10-,12+,13-,14+,15-,16-,18-/m1/s1. The van der Waals surface area contributed by atoms with E-state index in [2.05, 4.69) is 16.8 Å². The Balaban J connectivity index is 2.11. The molecule has 0 bridgehead atoms. The van der Waals surface area contributed by atoms with E-state index in [-0.39, 0.29) is 17.6 Å². The van der Waals surface area contributed by atoms with E-state index in [1.165, 1.54) is 0 Å². The molecule has 30 heavy (non-hydrogen) atoms. The average Bonchev–Trinajstić information content (AvgIpc) is 3.04. The van der Waals surface area contributed by atoms with Crippen LogP contribution in [0.3, 0.4) is 0 Å². The lowest BCUT2D eigenvalue weighted by atomic mass is 9.96. The number of nitrogens with zero attached hydrogens (tertiary/aromatic N) is 1. The van der Waals surface area contributed by atoms with E-state index < -0.39 is 37.7 Å². The number of likely N-dealkylation sites (N-methyl/N-ethyl adjacent to an activating group) is 1. The van der Waals surface area contributed by atoms with Gasteiger partial charge in [0.15, 0.2) is 0 Å². The first kappa shape index (κ1) is 25.8. The molecule has 2 fully saturated rings. The minimum Gasteiger partial charge on any atom is -0.387 e. The van der Waals surface area contributed by atoms with Gasteiger partial charge in [0, 0.05) is 12.2 Å². The molecule has 0 aliphatic carbocycles. The zero-order valence-electron chi connectivity index (χ0n) is 17.7. The van der Waals surface area contributed by atoms with Crippen molar-refractivity contribution in [3.8, 4) is 0 Å². The number of aliphatic hydroxyl groups is 2. The van der Waals surface area contributed by atoms with Crippen molar-refractivity contribution in [3.05, 3.63) is 11.8 Å². The first-order valence-electron chi connectivity index (χ1n) is 9.98. The first-order chi connectivity index (χ1) is 14.0. The Labute approximate surface area is 181 Å². The molecule has 0 aromatic rings. The van der Waals surface area contributed by atoms with Crippen LogP contribution in [-0.4, -0.2) is 86.5 Å². The maximum atomic E-state index is 12.9. The molecule has 0 unspecified atom stereocenters. The van der Waals surface area contributed by atoms with E-state index in [1.54, 1.807) is 19.3 Å². The van der Waals surface area contributed by atoms with Crippen molar-refractivity contribution in [2.24, 2.45) is 5.92 Å². The minimum absolute atomic E-state index is 0.219. The van der Waals surface area contributed by atoms with E-state index >= 15 is 0 Å². The molecule has 12 heteroatoms. The van der Waals surface area contributed by atoms with E-state index in [9.17, 15) is 19.6 Å². The monoisotopic (exact) mass is 468 g/mol. The van der Waals surface area contributed by atoms with E-state index in [4.69, 9.17) is 14.5 Å². The smallest absolute Gasteiger partial charge is 0.387 e. The molecular weight excluding hydrogens is 435 g/mol. The summed E-state index contributed by atoms with van der Waals surface area (Å²) in [6.07, 6.45) is 0.372. The van der Waals surface area contributed by atoms with E-state index in [0.29, 0.717) is 5.92 Å². The summed E-state index contributed by atoms with van der Waals surface area (Å²) >= 11 is 1.07. The van der Waals surface area contributed by atoms with Gasteiger partial charge in [-0.15, -0.1) is 11.8 Å². The fourth-order valence-electron chi connectivity index (χ4n) is 4.12. The fourth-order valence-corrected chi connectivity index (χ4v) is 5.47. The predicted octanol–water partition coefficient (Wildman–Crippen LogP) is 0.414. The van der Waals surface area contributed by atoms with Gasteiger partial charge >= 0.3 is 7.82 Å². The molecule has 2 heterocycles. The minimum atomic E-state index is -4.91. The quantitative estimate of drug-likeness (QED) is 0.317. The van der Waals surface area contributed by atoms with Crippen LogP contribution in [0.15, 0.2) is 11.8 Å². The van der Waals surface area contributed by atoms with Gasteiger partial charge in [0.2, 0.25) is 5.91 Å². The lowest BCUT2D eigenvalue weighted by Gasteiger charge is -2.42. The number of thioether (sulfide) groups is 1. The SMILES string of the molecule is C/C=C(/NC(=O)[C@@H]1C[C@@H](CCC)CN1C)[C@H]1O[C@H](SC)[C@H](OP(=O)(O)O)[C@@H](O)[C@H]1O. The molecule has 0 spiro atoms. The Morgan fingerprint density at radius 3 is 2.57 bits per heavy atom. The second-order valence-corrected chi connectivity index (χ2v) is 9.91. The van der Waals surface area contributed by atoms with Crippen LogP contribution in [0.5, 0.6) is 0 Å². The van der Waals surface area contributed by atoms with Crippen LogP contribution in [-0.2, 0) is 18.6 Å². The van der Waals surface area contributed by atoms with Crippen LogP contribution in [0, 0.1) is 5.92 Å². The Hall–Kier alpha value is -0.490. The van der Waals surface area contributed by atoms with Crippen molar-refractivity contribution in [1.82, 2.24) is 10.2 Å². The van der Waals surface area contributed by atoms with E-state index in [1.807, 2.05) is 11.9 Å². The lowest BCUT2D eigenvalue weighted by molar-refractivity contribution is -0.184. The number of rotatable bonds is 8. The van der Waals surface area contributed by atoms with Crippen LogP contribution < -0.4 is 5.32 Å². The van der Waals surface area contributed by atoms with Crippen LogP contribution >= 0.6 is 19.6 Å². The topological polar surface area (TPSA) is 149 Å². The lowest BCUT2D eigenvalue weighted by Crippen LogP contribution is -2.59. The molecule has 2 aliphatic rings. The molecule has 0 saturated carbocycles. The summed E-state index contributed by atoms with van der Waals surface area (Å²) in [6.45, 7) is 4.63. The number of aliphatic hydroxyl groups excluding tert-OH is 2. The maximum absolute atomic E-state index is 12.9. The van der Waals surface area contributed by atoms with Crippen LogP contribution in [0.1, 0.15) is 33.1 Å². The summed E-state index contributed by atoms with van der Waals surface area (Å²) in [5.41, 5.74) is -0.677. The summed E-state index contributed by atoms with van der Waals surface area (Å²) in [6, 6.07) is -0.302. The number of hydrogen-bond donors (Lipinski definition) is 5. The second kappa shape index (κ2) is 10.9. The molecule has 10 nitrogen and oxygen atoms in total. The largest absolute Gasteiger partial charge is 0.470 e. The molecule has 2 rings (SSSR count). The molecule has 5 N–H and O–H groups in total. The molecule has 2 saturated heterocycles. The first-order valence-corrected chi connectivity index (χ1v) is 12.8. The number of nitrogens with one attached hydrogen (secondary N) is 1. The summed E-state index contributed by atoms with van der Waals surface area (Å²) in [4.78, 5) is 33.1. The summed E-state index contributed by atoms with van der Waals surface area (Å²) < 4.78 is 21.6. The van der Waals surface area contributed by atoms with Crippen molar-refractivity contribution in [2.45, 2.75) is 69.0 Å². The highest BCUT2D eigenvalue weighted by atomic mass is 32.2. The van der Waals surface area contributed by atoms with Crippen molar-refractivity contribution in [2.75, 3.05) is 19.8 Å². The summed E-state index contributed by atoms with van der Waals surface area (Å²) in [7, 11) is -3.01. The Kier molecular flexibility index (Phi) is 9.35. The number of ether oxygens (including phenoxy) is 1. The van der Waals surface area contributed by atoms with Gasteiger partial charge in [-0.25, -0.2) is 4.57 Å². The van der Waals surface area contributed by atoms with Gasteiger partial charge < -0.3 is 30.1 Å². The van der Waals surface area contributed by atoms with Gasteiger partial charge in [-0.05, 0) is 39.0 Å². The molecule has 7 atom stereocenters. The zero-order valence-corrected chi connectivity index (χ0v) is 19.4. The molecule has 174 valence electrons. The number of carbonyl (C=O) groups is 1. The maximum Gasteiger partial charge on any atom is 0.470 e. The van der Waals surface area contributed by atoms with Crippen molar-refractivity contribution in [3.63, 3.8) is 0 Å². The molecule has 0 aromatic heterocycles. The van der Waals surface area contributed by atoms with Gasteiger partial charge in [-0.2, -0.15) is 0 Å². The average molecular weight is 469 g/mol. The van der Waals surface area contributed by atoms with Gasteiger partial charge in [-0.1, -0.05) is 19.4 Å². The third-order valence-corrected chi connectivity index (χ3v) is 6.92. The van der Waals surface area contributed by atoms with Crippen LogP contribution in [0.4, 0.5) is 0 Å². The molecule has 2 aliphatic heterocycles. The Bertz CT molecular complexity index is 673.